The molecule has 0 radical (unpaired) electrons. The lowest BCUT2D eigenvalue weighted by molar-refractivity contribution is 0.0982. The molecule has 1 aromatic carbocycles. The van der Waals surface area contributed by atoms with Crippen molar-refractivity contribution in [1.82, 2.24) is 9.97 Å². The number of nitrogens with one attached hydrogen (secondary N) is 1. The molecule has 0 saturated heterocycles. The molecule has 5 nitrogen and oxygen atoms in total. The molecule has 0 fully saturated rings. The van der Waals surface area contributed by atoms with Gasteiger partial charge in [0.25, 0.3) is 5.91 Å². The van der Waals surface area contributed by atoms with Gasteiger partial charge in [-0.1, -0.05) is 32.0 Å². The number of carbonyl (C=O) groups excluding carboxylic acids is 1. The zero-order chi connectivity index (χ0) is 17.3. The van der Waals surface area contributed by atoms with Gasteiger partial charge in [0.05, 0.1) is 0 Å². The van der Waals surface area contributed by atoms with Gasteiger partial charge < -0.3 is 10.2 Å². The Morgan fingerprint density at radius 1 is 1.25 bits per heavy atom. The molecule has 0 saturated carbocycles. The first-order valence-corrected chi connectivity index (χ1v) is 8.37. The number of aromatic nitrogens is 2. The van der Waals surface area contributed by atoms with Crippen LogP contribution in [0.25, 0.3) is 0 Å². The van der Waals surface area contributed by atoms with Crippen molar-refractivity contribution in [1.29, 1.82) is 0 Å². The van der Waals surface area contributed by atoms with Crippen LogP contribution >= 0.6 is 0 Å². The summed E-state index contributed by atoms with van der Waals surface area (Å²) in [6.45, 7) is 7.07. The molecule has 0 spiro atoms. The van der Waals surface area contributed by atoms with Gasteiger partial charge in [-0.05, 0) is 42.9 Å². The number of aryl methyl sites for hydroxylation is 1. The molecule has 1 N–H and O–H groups in total. The minimum absolute atomic E-state index is 0.0589. The van der Waals surface area contributed by atoms with Crippen LogP contribution < -0.4 is 10.2 Å². The lowest BCUT2D eigenvalue weighted by Gasteiger charge is -2.27. The zero-order valence-electron chi connectivity index (χ0n) is 14.8. The van der Waals surface area contributed by atoms with Crippen molar-refractivity contribution >= 4 is 17.5 Å². The average molecular weight is 324 g/mol. The number of rotatable bonds is 2. The lowest BCUT2D eigenvalue weighted by Crippen LogP contribution is -2.33. The van der Waals surface area contributed by atoms with E-state index in [1.807, 2.05) is 30.0 Å². The minimum atomic E-state index is -0.0675. The monoisotopic (exact) mass is 324 g/mol. The van der Waals surface area contributed by atoms with E-state index in [0.29, 0.717) is 18.2 Å². The molecule has 1 amide bonds. The normalized spacial score (nSPS) is 16.2. The molecule has 1 aliphatic rings. The van der Waals surface area contributed by atoms with Crippen molar-refractivity contribution in [2.24, 2.45) is 0 Å². The van der Waals surface area contributed by atoms with E-state index in [-0.39, 0.29) is 11.3 Å². The number of hydrogen-bond acceptors (Lipinski definition) is 4. The van der Waals surface area contributed by atoms with Gasteiger partial charge in [-0.3, -0.25) is 4.79 Å². The second-order valence-electron chi connectivity index (χ2n) is 6.93. The summed E-state index contributed by atoms with van der Waals surface area (Å²) in [5, 5.41) is 2.92. The number of hydrogen-bond donors (Lipinski definition) is 1. The highest BCUT2D eigenvalue weighted by Gasteiger charge is 2.31. The van der Waals surface area contributed by atoms with Crippen LogP contribution in [0.1, 0.15) is 48.4 Å². The minimum Gasteiger partial charge on any atom is -0.357 e. The summed E-state index contributed by atoms with van der Waals surface area (Å²) in [5.41, 5.74) is 3.48. The van der Waals surface area contributed by atoms with Gasteiger partial charge >= 0.3 is 0 Å². The van der Waals surface area contributed by atoms with Gasteiger partial charge in [-0.15, -0.1) is 0 Å². The van der Waals surface area contributed by atoms with Crippen molar-refractivity contribution in [3.63, 3.8) is 0 Å². The molecule has 0 bridgehead atoms. The summed E-state index contributed by atoms with van der Waals surface area (Å²) in [6.07, 6.45) is 2.02. The number of benzene rings is 1. The first-order chi connectivity index (χ1) is 11.4. The molecule has 0 atom stereocenters. The van der Waals surface area contributed by atoms with Crippen LogP contribution in [0.15, 0.2) is 30.3 Å². The summed E-state index contributed by atoms with van der Waals surface area (Å²) in [5.74, 6) is 0.406. The lowest BCUT2D eigenvalue weighted by atomic mass is 9.80. The maximum Gasteiger partial charge on any atom is 0.277 e. The molecule has 5 heteroatoms. The Bertz CT molecular complexity index is 770. The molecular formula is C19H24N4O. The number of nitrogens with zero attached hydrogens (tertiary/aromatic N) is 3. The highest BCUT2D eigenvalue weighted by atomic mass is 16.2. The van der Waals surface area contributed by atoms with E-state index in [1.54, 1.807) is 13.1 Å². The van der Waals surface area contributed by atoms with Crippen molar-refractivity contribution in [3.05, 3.63) is 47.3 Å². The first kappa shape index (κ1) is 16.4. The Morgan fingerprint density at radius 3 is 2.75 bits per heavy atom. The summed E-state index contributed by atoms with van der Waals surface area (Å²) in [4.78, 5) is 23.6. The van der Waals surface area contributed by atoms with E-state index in [9.17, 15) is 4.79 Å². The summed E-state index contributed by atoms with van der Waals surface area (Å²) < 4.78 is 0. The molecule has 24 heavy (non-hydrogen) atoms. The van der Waals surface area contributed by atoms with E-state index in [1.165, 1.54) is 5.56 Å². The number of fused-ring (bicyclic) bond motifs is 1. The van der Waals surface area contributed by atoms with Crippen LogP contribution in [0.4, 0.5) is 11.6 Å². The van der Waals surface area contributed by atoms with Crippen LogP contribution in [0.5, 0.6) is 0 Å². The fourth-order valence-corrected chi connectivity index (χ4v) is 3.35. The maximum atomic E-state index is 13.2. The Morgan fingerprint density at radius 2 is 2.00 bits per heavy atom. The molecule has 3 rings (SSSR count). The Balaban J connectivity index is 2.05. The van der Waals surface area contributed by atoms with Crippen molar-refractivity contribution in [2.45, 2.75) is 39.0 Å². The van der Waals surface area contributed by atoms with Gasteiger partial charge in [0.15, 0.2) is 0 Å². The van der Waals surface area contributed by atoms with E-state index in [0.717, 1.165) is 24.2 Å². The zero-order valence-corrected chi connectivity index (χ0v) is 14.8. The van der Waals surface area contributed by atoms with Gasteiger partial charge in [0.2, 0.25) is 5.95 Å². The van der Waals surface area contributed by atoms with E-state index >= 15 is 0 Å². The number of para-hydroxylation sites is 1. The fourth-order valence-electron chi connectivity index (χ4n) is 3.35. The Labute approximate surface area is 143 Å². The van der Waals surface area contributed by atoms with Gasteiger partial charge in [0.1, 0.15) is 5.69 Å². The third-order valence-corrected chi connectivity index (χ3v) is 4.65. The Kier molecular flexibility index (Phi) is 4.26. The third kappa shape index (κ3) is 2.98. The fraction of sp³-hybridized carbons (Fsp3) is 0.421. The Hall–Kier alpha value is -2.43. The summed E-state index contributed by atoms with van der Waals surface area (Å²) >= 11 is 0. The topological polar surface area (TPSA) is 58.1 Å². The third-order valence-electron chi connectivity index (χ3n) is 4.65. The second kappa shape index (κ2) is 6.23. The maximum absolute atomic E-state index is 13.2. The van der Waals surface area contributed by atoms with Crippen molar-refractivity contribution < 1.29 is 4.79 Å². The number of amides is 1. The quantitative estimate of drug-likeness (QED) is 0.918. The predicted molar refractivity (Wildman–Crippen MR) is 96.7 cm³/mol. The van der Waals surface area contributed by atoms with Crippen molar-refractivity contribution in [2.75, 3.05) is 23.8 Å². The molecule has 0 unspecified atom stereocenters. The standard InChI is InChI=1S/C19H24N4O/c1-13-12-15(22-18(20-4)21-13)17(24)23-11-7-10-19(2,3)14-8-5-6-9-16(14)23/h5-6,8-9,12H,7,10-11H2,1-4H3,(H,20,21,22). The summed E-state index contributed by atoms with van der Waals surface area (Å²) in [6, 6.07) is 9.95. The molecule has 2 heterocycles. The second-order valence-corrected chi connectivity index (χ2v) is 6.93. The molecule has 1 aromatic heterocycles. The molecule has 126 valence electrons. The number of anilines is 2. The average Bonchev–Trinajstić information content (AvgIpc) is 2.70. The SMILES string of the molecule is CNc1nc(C)cc(C(=O)N2CCCC(C)(C)c3ccccc32)n1. The smallest absolute Gasteiger partial charge is 0.277 e. The van der Waals surface area contributed by atoms with E-state index in [4.69, 9.17) is 0 Å². The first-order valence-electron chi connectivity index (χ1n) is 8.37. The van der Waals surface area contributed by atoms with Crippen molar-refractivity contribution in [3.8, 4) is 0 Å². The largest absolute Gasteiger partial charge is 0.357 e. The van der Waals surface area contributed by atoms with Gasteiger partial charge in [-0.25, -0.2) is 9.97 Å². The predicted octanol–water partition coefficient (Wildman–Crippen LogP) is 3.54. The van der Waals surface area contributed by atoms with Crippen LogP contribution in [0, 0.1) is 6.92 Å². The van der Waals surface area contributed by atoms with Crippen LogP contribution in [-0.4, -0.2) is 29.5 Å². The summed E-state index contributed by atoms with van der Waals surface area (Å²) in [7, 11) is 1.76. The molecular weight excluding hydrogens is 300 g/mol. The van der Waals surface area contributed by atoms with Gasteiger partial charge in [-0.2, -0.15) is 0 Å². The molecule has 0 aliphatic carbocycles. The molecule has 2 aromatic rings. The van der Waals surface area contributed by atoms with E-state index < -0.39 is 0 Å². The van der Waals surface area contributed by atoms with Crippen LogP contribution in [-0.2, 0) is 5.41 Å². The van der Waals surface area contributed by atoms with Gasteiger partial charge in [0, 0.05) is 25.0 Å². The van der Waals surface area contributed by atoms with Crippen LogP contribution in [0.3, 0.4) is 0 Å². The molecule has 1 aliphatic heterocycles. The number of carbonyl (C=O) groups is 1. The highest BCUT2D eigenvalue weighted by molar-refractivity contribution is 6.05. The highest BCUT2D eigenvalue weighted by Crippen LogP contribution is 2.38. The van der Waals surface area contributed by atoms with E-state index in [2.05, 4.69) is 35.2 Å². The van der Waals surface area contributed by atoms with Crippen LogP contribution in [0.2, 0.25) is 0 Å².